The number of urea groups is 1. The summed E-state index contributed by atoms with van der Waals surface area (Å²) in [6.07, 6.45) is 2.73. The molecule has 0 saturated heterocycles. The molecule has 1 unspecified atom stereocenters. The molecule has 1 rings (SSSR count). The van der Waals surface area contributed by atoms with E-state index in [9.17, 15) is 14.4 Å². The van der Waals surface area contributed by atoms with Gasteiger partial charge in [0.15, 0.2) is 0 Å². The van der Waals surface area contributed by atoms with Gasteiger partial charge < -0.3 is 21.1 Å². The Kier molecular flexibility index (Phi) is 5.14. The Morgan fingerprint density at radius 3 is 2.32 bits per heavy atom. The summed E-state index contributed by atoms with van der Waals surface area (Å²) in [5, 5.41) is 16.5. The number of carbonyl (C=O) groups excluding carboxylic acids is 2. The van der Waals surface area contributed by atoms with Crippen LogP contribution in [0.15, 0.2) is 0 Å². The van der Waals surface area contributed by atoms with E-state index in [1.165, 1.54) is 6.92 Å². The van der Waals surface area contributed by atoms with E-state index >= 15 is 0 Å². The van der Waals surface area contributed by atoms with Crippen molar-refractivity contribution in [2.75, 3.05) is 6.54 Å². The van der Waals surface area contributed by atoms with Gasteiger partial charge in [-0.25, -0.2) is 4.79 Å². The van der Waals surface area contributed by atoms with Crippen molar-refractivity contribution >= 4 is 17.9 Å². The first kappa shape index (κ1) is 15.3. The third-order valence-corrected chi connectivity index (χ3v) is 3.30. The van der Waals surface area contributed by atoms with Crippen LogP contribution in [0.25, 0.3) is 0 Å². The lowest BCUT2D eigenvalue weighted by Gasteiger charge is -2.29. The molecule has 7 heteroatoms. The van der Waals surface area contributed by atoms with Crippen LogP contribution in [0.3, 0.4) is 0 Å². The highest BCUT2D eigenvalue weighted by Gasteiger charge is 2.43. The molecule has 0 heterocycles. The summed E-state index contributed by atoms with van der Waals surface area (Å²) in [4.78, 5) is 34.6. The van der Waals surface area contributed by atoms with Crippen molar-refractivity contribution in [3.63, 3.8) is 0 Å². The van der Waals surface area contributed by atoms with Crippen LogP contribution in [0, 0.1) is 0 Å². The Morgan fingerprint density at radius 1 is 1.26 bits per heavy atom. The summed E-state index contributed by atoms with van der Waals surface area (Å²) in [5.74, 6) is -1.52. The molecule has 3 amide bonds. The van der Waals surface area contributed by atoms with Gasteiger partial charge in [-0.1, -0.05) is 12.8 Å². The SMILES string of the molecule is CCNC(=O)NC1(C(=O)NC(C)C(=O)O)CCCC1. The maximum Gasteiger partial charge on any atom is 0.325 e. The zero-order chi connectivity index (χ0) is 14.5. The van der Waals surface area contributed by atoms with Crippen LogP contribution in [0.1, 0.15) is 39.5 Å². The van der Waals surface area contributed by atoms with Gasteiger partial charge in [0.2, 0.25) is 5.91 Å². The number of carboxylic acid groups (broad SMARTS) is 1. The van der Waals surface area contributed by atoms with Crippen LogP contribution in [-0.2, 0) is 9.59 Å². The number of hydrogen-bond donors (Lipinski definition) is 4. The molecule has 1 saturated carbocycles. The number of rotatable bonds is 5. The van der Waals surface area contributed by atoms with E-state index in [0.29, 0.717) is 19.4 Å². The summed E-state index contributed by atoms with van der Waals surface area (Å²) < 4.78 is 0. The molecular formula is C12H21N3O4. The average molecular weight is 271 g/mol. The molecule has 0 bridgehead atoms. The van der Waals surface area contributed by atoms with Crippen molar-refractivity contribution in [3.8, 4) is 0 Å². The first-order valence-corrected chi connectivity index (χ1v) is 6.51. The summed E-state index contributed by atoms with van der Waals surface area (Å²) in [7, 11) is 0. The summed E-state index contributed by atoms with van der Waals surface area (Å²) in [6.45, 7) is 3.65. The third kappa shape index (κ3) is 3.84. The maximum absolute atomic E-state index is 12.2. The zero-order valence-electron chi connectivity index (χ0n) is 11.3. The molecule has 1 atom stereocenters. The van der Waals surface area contributed by atoms with Gasteiger partial charge >= 0.3 is 12.0 Å². The highest BCUT2D eigenvalue weighted by Crippen LogP contribution is 2.30. The quantitative estimate of drug-likeness (QED) is 0.573. The molecule has 4 N–H and O–H groups in total. The van der Waals surface area contributed by atoms with Crippen LogP contribution < -0.4 is 16.0 Å². The van der Waals surface area contributed by atoms with Crippen LogP contribution in [0.5, 0.6) is 0 Å². The first-order chi connectivity index (χ1) is 8.91. The number of carbonyl (C=O) groups is 3. The van der Waals surface area contributed by atoms with Gasteiger partial charge in [0, 0.05) is 6.54 Å². The monoisotopic (exact) mass is 271 g/mol. The molecule has 108 valence electrons. The minimum absolute atomic E-state index is 0.400. The molecule has 0 aromatic carbocycles. The van der Waals surface area contributed by atoms with Crippen molar-refractivity contribution in [1.82, 2.24) is 16.0 Å². The molecule has 0 radical (unpaired) electrons. The van der Waals surface area contributed by atoms with Crippen molar-refractivity contribution in [1.29, 1.82) is 0 Å². The topological polar surface area (TPSA) is 108 Å². The fraction of sp³-hybridized carbons (Fsp3) is 0.750. The molecule has 1 fully saturated rings. The van der Waals surface area contributed by atoms with E-state index in [-0.39, 0.29) is 0 Å². The van der Waals surface area contributed by atoms with Crippen LogP contribution in [0.4, 0.5) is 4.79 Å². The lowest BCUT2D eigenvalue weighted by molar-refractivity contribution is -0.142. The fourth-order valence-corrected chi connectivity index (χ4v) is 2.21. The summed E-state index contributed by atoms with van der Waals surface area (Å²) in [5.41, 5.74) is -0.983. The zero-order valence-corrected chi connectivity index (χ0v) is 11.3. The predicted molar refractivity (Wildman–Crippen MR) is 68.6 cm³/mol. The molecule has 0 aromatic heterocycles. The first-order valence-electron chi connectivity index (χ1n) is 6.51. The Morgan fingerprint density at radius 2 is 1.84 bits per heavy atom. The Hall–Kier alpha value is -1.79. The Balaban J connectivity index is 2.72. The van der Waals surface area contributed by atoms with Gasteiger partial charge in [0.25, 0.3) is 0 Å². The molecular weight excluding hydrogens is 250 g/mol. The molecule has 0 aliphatic heterocycles. The van der Waals surface area contributed by atoms with E-state index in [0.717, 1.165) is 12.8 Å². The Bertz CT molecular complexity index is 364. The molecule has 0 aromatic rings. The normalized spacial score (nSPS) is 18.4. The minimum Gasteiger partial charge on any atom is -0.480 e. The maximum atomic E-state index is 12.2. The van der Waals surface area contributed by atoms with Gasteiger partial charge in [-0.2, -0.15) is 0 Å². The van der Waals surface area contributed by atoms with Gasteiger partial charge in [0.05, 0.1) is 0 Å². The highest BCUT2D eigenvalue weighted by molar-refractivity contribution is 5.93. The second kappa shape index (κ2) is 6.40. The van der Waals surface area contributed by atoms with E-state index in [1.807, 2.05) is 0 Å². The van der Waals surface area contributed by atoms with Crippen molar-refractivity contribution in [3.05, 3.63) is 0 Å². The number of amides is 3. The van der Waals surface area contributed by atoms with Crippen molar-refractivity contribution < 1.29 is 19.5 Å². The van der Waals surface area contributed by atoms with E-state index in [1.54, 1.807) is 6.92 Å². The number of nitrogens with one attached hydrogen (secondary N) is 3. The van der Waals surface area contributed by atoms with Crippen LogP contribution >= 0.6 is 0 Å². The molecule has 7 nitrogen and oxygen atoms in total. The number of aliphatic carboxylic acids is 1. The van der Waals surface area contributed by atoms with Crippen LogP contribution in [-0.4, -0.2) is 41.1 Å². The Labute approximate surface area is 112 Å². The second-order valence-electron chi connectivity index (χ2n) is 4.81. The van der Waals surface area contributed by atoms with E-state index < -0.39 is 29.5 Å². The lowest BCUT2D eigenvalue weighted by atomic mass is 9.96. The van der Waals surface area contributed by atoms with Gasteiger partial charge in [-0.3, -0.25) is 9.59 Å². The molecule has 19 heavy (non-hydrogen) atoms. The minimum atomic E-state index is -1.10. The van der Waals surface area contributed by atoms with Crippen molar-refractivity contribution in [2.45, 2.75) is 51.1 Å². The average Bonchev–Trinajstić information content (AvgIpc) is 2.78. The standard InChI is InChI=1S/C12H21N3O4/c1-3-13-11(19)15-12(6-4-5-7-12)10(18)14-8(2)9(16)17/h8H,3-7H2,1-2H3,(H,14,18)(H,16,17)(H2,13,15,19). The summed E-state index contributed by atoms with van der Waals surface area (Å²) in [6, 6.07) is -1.37. The summed E-state index contributed by atoms with van der Waals surface area (Å²) >= 11 is 0. The highest BCUT2D eigenvalue weighted by atomic mass is 16.4. The second-order valence-corrected chi connectivity index (χ2v) is 4.81. The van der Waals surface area contributed by atoms with Gasteiger partial charge in [-0.15, -0.1) is 0 Å². The molecule has 1 aliphatic rings. The molecule has 0 spiro atoms. The third-order valence-electron chi connectivity index (χ3n) is 3.30. The number of carboxylic acids is 1. The lowest BCUT2D eigenvalue weighted by Crippen LogP contribution is -2.61. The largest absolute Gasteiger partial charge is 0.480 e. The molecule has 1 aliphatic carbocycles. The smallest absolute Gasteiger partial charge is 0.325 e. The van der Waals surface area contributed by atoms with Crippen LogP contribution in [0.2, 0.25) is 0 Å². The van der Waals surface area contributed by atoms with E-state index in [2.05, 4.69) is 16.0 Å². The van der Waals surface area contributed by atoms with E-state index in [4.69, 9.17) is 5.11 Å². The number of hydrogen-bond acceptors (Lipinski definition) is 3. The fourth-order valence-electron chi connectivity index (χ4n) is 2.21. The predicted octanol–water partition coefficient (Wildman–Crippen LogP) is 0.208. The van der Waals surface area contributed by atoms with Crippen molar-refractivity contribution in [2.24, 2.45) is 0 Å². The van der Waals surface area contributed by atoms with Gasteiger partial charge in [0.1, 0.15) is 11.6 Å². The van der Waals surface area contributed by atoms with Gasteiger partial charge in [-0.05, 0) is 26.7 Å².